The van der Waals surface area contributed by atoms with Gasteiger partial charge in [0, 0.05) is 10.2 Å². The van der Waals surface area contributed by atoms with Gasteiger partial charge in [-0.1, -0.05) is 28.1 Å². The van der Waals surface area contributed by atoms with Gasteiger partial charge in [-0.3, -0.25) is 0 Å². The maximum Gasteiger partial charge on any atom is 0.214 e. The fourth-order valence-corrected chi connectivity index (χ4v) is 1.59. The highest BCUT2D eigenvalue weighted by Gasteiger charge is 1.97. The molecule has 2 nitrogen and oxygen atoms in total. The second kappa shape index (κ2) is 4.40. The molecule has 0 saturated carbocycles. The molecule has 0 bridgehead atoms. The summed E-state index contributed by atoms with van der Waals surface area (Å²) in [6.45, 7) is 0. The van der Waals surface area contributed by atoms with Crippen LogP contribution in [0, 0.1) is 5.95 Å². The number of rotatable bonds is 2. The quantitative estimate of drug-likeness (QED) is 0.838. The first kappa shape index (κ1) is 10.1. The van der Waals surface area contributed by atoms with Gasteiger partial charge in [-0.2, -0.15) is 4.39 Å². The lowest BCUT2D eigenvalue weighted by molar-refractivity contribution is 0.585. The van der Waals surface area contributed by atoms with Crippen molar-refractivity contribution in [2.24, 2.45) is 0 Å². The lowest BCUT2D eigenvalue weighted by atomic mass is 10.3. The summed E-state index contributed by atoms with van der Waals surface area (Å²) in [7, 11) is 0. The van der Waals surface area contributed by atoms with E-state index in [-0.39, 0.29) is 0 Å². The van der Waals surface area contributed by atoms with E-state index in [0.29, 0.717) is 5.82 Å². The van der Waals surface area contributed by atoms with Gasteiger partial charge >= 0.3 is 0 Å². The zero-order chi connectivity index (χ0) is 10.7. The van der Waals surface area contributed by atoms with E-state index in [0.717, 1.165) is 10.2 Å². The number of anilines is 2. The van der Waals surface area contributed by atoms with Crippen LogP contribution in [0.25, 0.3) is 0 Å². The van der Waals surface area contributed by atoms with Gasteiger partial charge in [0.15, 0.2) is 0 Å². The Morgan fingerprint density at radius 3 is 2.67 bits per heavy atom. The van der Waals surface area contributed by atoms with Crippen LogP contribution < -0.4 is 5.32 Å². The number of aromatic nitrogens is 1. The minimum Gasteiger partial charge on any atom is -0.340 e. The molecule has 0 spiro atoms. The van der Waals surface area contributed by atoms with Crippen molar-refractivity contribution in [1.82, 2.24) is 4.98 Å². The van der Waals surface area contributed by atoms with E-state index in [1.54, 1.807) is 12.1 Å². The number of pyridine rings is 1. The Balaban J connectivity index is 2.22. The van der Waals surface area contributed by atoms with Gasteiger partial charge < -0.3 is 5.32 Å². The molecule has 15 heavy (non-hydrogen) atoms. The van der Waals surface area contributed by atoms with Gasteiger partial charge in [-0.15, -0.1) is 0 Å². The number of nitrogens with zero attached hydrogens (tertiary/aromatic N) is 1. The summed E-state index contributed by atoms with van der Waals surface area (Å²) in [5.74, 6) is 0.00287. The van der Waals surface area contributed by atoms with Crippen LogP contribution in [-0.4, -0.2) is 4.98 Å². The molecule has 2 rings (SSSR count). The molecule has 0 saturated heterocycles. The molecule has 0 fully saturated rings. The summed E-state index contributed by atoms with van der Waals surface area (Å²) in [6, 6.07) is 12.2. The molecule has 1 aromatic carbocycles. The molecule has 4 heteroatoms. The molecular weight excluding hydrogens is 259 g/mol. The Morgan fingerprint density at radius 2 is 1.93 bits per heavy atom. The standard InChI is InChI=1S/C11H8BrFN2/c12-8-3-1-4-9(7-8)14-11-6-2-5-10(13)15-11/h1-7H,(H,14,15). The van der Waals surface area contributed by atoms with Crippen LogP contribution in [0.2, 0.25) is 0 Å². The van der Waals surface area contributed by atoms with Crippen molar-refractivity contribution in [3.8, 4) is 0 Å². The van der Waals surface area contributed by atoms with E-state index in [1.165, 1.54) is 6.07 Å². The third-order valence-corrected chi connectivity index (χ3v) is 2.31. The van der Waals surface area contributed by atoms with E-state index in [4.69, 9.17) is 0 Å². The maximum absolute atomic E-state index is 12.8. The molecule has 76 valence electrons. The van der Waals surface area contributed by atoms with E-state index in [2.05, 4.69) is 26.2 Å². The molecule has 0 amide bonds. The Bertz CT molecular complexity index is 430. The molecule has 1 N–H and O–H groups in total. The van der Waals surface area contributed by atoms with E-state index < -0.39 is 5.95 Å². The van der Waals surface area contributed by atoms with Crippen molar-refractivity contribution in [2.45, 2.75) is 0 Å². The van der Waals surface area contributed by atoms with Crippen molar-refractivity contribution < 1.29 is 4.39 Å². The van der Waals surface area contributed by atoms with Crippen molar-refractivity contribution in [3.63, 3.8) is 0 Å². The van der Waals surface area contributed by atoms with Crippen molar-refractivity contribution in [1.29, 1.82) is 0 Å². The van der Waals surface area contributed by atoms with Crippen molar-refractivity contribution in [3.05, 3.63) is 52.9 Å². The third-order valence-electron chi connectivity index (χ3n) is 1.81. The number of hydrogen-bond donors (Lipinski definition) is 1. The third kappa shape index (κ3) is 2.76. The van der Waals surface area contributed by atoms with Crippen LogP contribution in [0.15, 0.2) is 46.9 Å². The summed E-state index contributed by atoms with van der Waals surface area (Å²) < 4.78 is 13.8. The summed E-state index contributed by atoms with van der Waals surface area (Å²) in [6.07, 6.45) is 0. The van der Waals surface area contributed by atoms with Crippen molar-refractivity contribution in [2.75, 3.05) is 5.32 Å². The van der Waals surface area contributed by atoms with E-state index in [1.807, 2.05) is 24.3 Å². The first-order chi connectivity index (χ1) is 7.24. The predicted molar refractivity (Wildman–Crippen MR) is 61.6 cm³/mol. The number of halogens is 2. The fraction of sp³-hybridized carbons (Fsp3) is 0. The van der Waals surface area contributed by atoms with E-state index in [9.17, 15) is 4.39 Å². The molecule has 0 atom stereocenters. The first-order valence-corrected chi connectivity index (χ1v) is 5.18. The van der Waals surface area contributed by atoms with Crippen LogP contribution in [0.3, 0.4) is 0 Å². The SMILES string of the molecule is Fc1cccc(Nc2cccc(Br)c2)n1. The smallest absolute Gasteiger partial charge is 0.214 e. The molecule has 0 aliphatic rings. The Morgan fingerprint density at radius 1 is 1.13 bits per heavy atom. The minimum atomic E-state index is -0.491. The summed E-state index contributed by atoms with van der Waals surface area (Å²) >= 11 is 3.36. The normalized spacial score (nSPS) is 10.0. The first-order valence-electron chi connectivity index (χ1n) is 4.39. The van der Waals surface area contributed by atoms with Gasteiger partial charge in [0.1, 0.15) is 5.82 Å². The van der Waals surface area contributed by atoms with Crippen LogP contribution >= 0.6 is 15.9 Å². The molecular formula is C11H8BrFN2. The van der Waals surface area contributed by atoms with E-state index >= 15 is 0 Å². The average Bonchev–Trinajstić information content (AvgIpc) is 2.17. The number of hydrogen-bond acceptors (Lipinski definition) is 2. The maximum atomic E-state index is 12.8. The molecule has 0 aliphatic heterocycles. The minimum absolute atomic E-state index is 0.491. The molecule has 0 aliphatic carbocycles. The van der Waals surface area contributed by atoms with Gasteiger partial charge in [0.25, 0.3) is 0 Å². The molecule has 2 aromatic rings. The molecule has 0 radical (unpaired) electrons. The summed E-state index contributed by atoms with van der Waals surface area (Å²) in [5, 5.41) is 3.00. The fourth-order valence-electron chi connectivity index (χ4n) is 1.19. The average molecular weight is 267 g/mol. The number of nitrogens with one attached hydrogen (secondary N) is 1. The van der Waals surface area contributed by atoms with Gasteiger partial charge in [0.05, 0.1) is 0 Å². The predicted octanol–water partition coefficient (Wildman–Crippen LogP) is 3.73. The van der Waals surface area contributed by atoms with Gasteiger partial charge in [0.2, 0.25) is 5.95 Å². The second-order valence-corrected chi connectivity index (χ2v) is 3.90. The highest BCUT2D eigenvalue weighted by molar-refractivity contribution is 9.10. The monoisotopic (exact) mass is 266 g/mol. The summed E-state index contributed by atoms with van der Waals surface area (Å²) in [5.41, 5.74) is 0.863. The Labute approximate surface area is 95.3 Å². The van der Waals surface area contributed by atoms with Gasteiger partial charge in [-0.25, -0.2) is 4.98 Å². The highest BCUT2D eigenvalue weighted by Crippen LogP contribution is 2.19. The Kier molecular flexibility index (Phi) is 2.97. The molecule has 1 aromatic heterocycles. The number of benzene rings is 1. The Hall–Kier alpha value is -1.42. The van der Waals surface area contributed by atoms with Crippen molar-refractivity contribution >= 4 is 27.4 Å². The topological polar surface area (TPSA) is 24.9 Å². The molecule has 0 unspecified atom stereocenters. The van der Waals surface area contributed by atoms with Crippen LogP contribution in [0.4, 0.5) is 15.9 Å². The lowest BCUT2D eigenvalue weighted by Gasteiger charge is -2.05. The summed E-state index contributed by atoms with van der Waals surface area (Å²) in [4.78, 5) is 3.71. The zero-order valence-electron chi connectivity index (χ0n) is 7.74. The molecule has 1 heterocycles. The van der Waals surface area contributed by atoms with Crippen LogP contribution in [-0.2, 0) is 0 Å². The lowest BCUT2D eigenvalue weighted by Crippen LogP contribution is -1.94. The zero-order valence-corrected chi connectivity index (χ0v) is 9.33. The van der Waals surface area contributed by atoms with Crippen LogP contribution in [0.1, 0.15) is 0 Å². The largest absolute Gasteiger partial charge is 0.340 e. The van der Waals surface area contributed by atoms with Crippen LogP contribution in [0.5, 0.6) is 0 Å². The second-order valence-electron chi connectivity index (χ2n) is 2.98. The van der Waals surface area contributed by atoms with Gasteiger partial charge in [-0.05, 0) is 30.3 Å². The highest BCUT2D eigenvalue weighted by atomic mass is 79.9.